The van der Waals surface area contributed by atoms with E-state index in [1.54, 1.807) is 26.0 Å². The van der Waals surface area contributed by atoms with Gasteiger partial charge in [0.25, 0.3) is 5.91 Å². The Bertz CT molecular complexity index is 1080. The summed E-state index contributed by atoms with van der Waals surface area (Å²) in [6, 6.07) is 13.1. The molecule has 1 atom stereocenters. The summed E-state index contributed by atoms with van der Waals surface area (Å²) in [6.45, 7) is 5.70. The number of nitrogens with zero attached hydrogens (tertiary/aromatic N) is 1. The molecule has 1 aliphatic rings. The number of allylic oxidation sites excluding steroid dienone is 2. The molecule has 1 aromatic heterocycles. The number of rotatable bonds is 7. The SMILES string of the molecule is CCOC(=O)CSC1=C(C#N)C(c2ccco2)C(C(=O)Nc2ccccc2C)=C(C)N1. The Morgan fingerprint density at radius 1 is 1.26 bits per heavy atom. The molecule has 0 saturated carbocycles. The molecule has 0 aliphatic carbocycles. The van der Waals surface area contributed by atoms with E-state index in [2.05, 4.69) is 16.7 Å². The number of esters is 1. The van der Waals surface area contributed by atoms with Gasteiger partial charge in [-0.3, -0.25) is 9.59 Å². The maximum atomic E-state index is 13.3. The normalized spacial score (nSPS) is 15.9. The summed E-state index contributed by atoms with van der Waals surface area (Å²) in [6.07, 6.45) is 1.50. The van der Waals surface area contributed by atoms with E-state index in [1.807, 2.05) is 31.2 Å². The molecule has 8 heteroatoms. The predicted molar refractivity (Wildman–Crippen MR) is 119 cm³/mol. The fourth-order valence-electron chi connectivity index (χ4n) is 3.30. The average Bonchev–Trinajstić information content (AvgIpc) is 3.28. The maximum absolute atomic E-state index is 13.3. The van der Waals surface area contributed by atoms with E-state index in [4.69, 9.17) is 9.15 Å². The van der Waals surface area contributed by atoms with E-state index in [9.17, 15) is 14.9 Å². The number of benzene rings is 1. The van der Waals surface area contributed by atoms with Gasteiger partial charge in [0.05, 0.1) is 46.8 Å². The number of carbonyl (C=O) groups is 2. The topological polar surface area (TPSA) is 104 Å². The van der Waals surface area contributed by atoms with Crippen molar-refractivity contribution in [3.8, 4) is 6.07 Å². The van der Waals surface area contributed by atoms with Crippen molar-refractivity contribution in [2.75, 3.05) is 17.7 Å². The van der Waals surface area contributed by atoms with Crippen molar-refractivity contribution in [1.82, 2.24) is 5.32 Å². The van der Waals surface area contributed by atoms with Crippen LogP contribution < -0.4 is 10.6 Å². The van der Waals surface area contributed by atoms with Gasteiger partial charge in [0.1, 0.15) is 5.76 Å². The van der Waals surface area contributed by atoms with Crippen LogP contribution in [0.5, 0.6) is 0 Å². The van der Waals surface area contributed by atoms with Gasteiger partial charge in [0.15, 0.2) is 0 Å². The number of amides is 1. The lowest BCUT2D eigenvalue weighted by molar-refractivity contribution is -0.139. The monoisotopic (exact) mass is 437 g/mol. The zero-order valence-electron chi connectivity index (χ0n) is 17.5. The third-order valence-corrected chi connectivity index (χ3v) is 5.74. The second kappa shape index (κ2) is 10.0. The number of aryl methyl sites for hydroxylation is 1. The molecule has 0 fully saturated rings. The van der Waals surface area contributed by atoms with Gasteiger partial charge in [-0.1, -0.05) is 30.0 Å². The number of nitrogens with one attached hydrogen (secondary N) is 2. The minimum absolute atomic E-state index is 0.0459. The molecule has 0 spiro atoms. The highest BCUT2D eigenvalue weighted by molar-refractivity contribution is 8.03. The Morgan fingerprint density at radius 2 is 2.03 bits per heavy atom. The van der Waals surface area contributed by atoms with E-state index >= 15 is 0 Å². The average molecular weight is 438 g/mol. The summed E-state index contributed by atoms with van der Waals surface area (Å²) in [7, 11) is 0. The maximum Gasteiger partial charge on any atom is 0.316 e. The van der Waals surface area contributed by atoms with Crippen molar-refractivity contribution in [2.24, 2.45) is 0 Å². The molecule has 7 nitrogen and oxygen atoms in total. The van der Waals surface area contributed by atoms with E-state index in [0.717, 1.165) is 5.56 Å². The number of anilines is 1. The van der Waals surface area contributed by atoms with Crippen molar-refractivity contribution >= 4 is 29.3 Å². The zero-order valence-corrected chi connectivity index (χ0v) is 18.3. The first-order chi connectivity index (χ1) is 15.0. The summed E-state index contributed by atoms with van der Waals surface area (Å²) in [4.78, 5) is 25.1. The van der Waals surface area contributed by atoms with E-state index in [-0.39, 0.29) is 24.2 Å². The predicted octanol–water partition coefficient (Wildman–Crippen LogP) is 4.22. The largest absolute Gasteiger partial charge is 0.468 e. The summed E-state index contributed by atoms with van der Waals surface area (Å²) in [5.74, 6) is -0.887. The number of furan rings is 1. The first kappa shape index (κ1) is 22.2. The van der Waals surface area contributed by atoms with Gasteiger partial charge >= 0.3 is 5.97 Å². The summed E-state index contributed by atoms with van der Waals surface area (Å²) >= 11 is 1.17. The van der Waals surface area contributed by atoms with Gasteiger partial charge in [0.2, 0.25) is 0 Å². The number of hydrogen-bond acceptors (Lipinski definition) is 7. The summed E-state index contributed by atoms with van der Waals surface area (Å²) < 4.78 is 10.6. The molecule has 1 amide bonds. The van der Waals surface area contributed by atoms with Gasteiger partial charge in [-0.25, -0.2) is 0 Å². The van der Waals surface area contributed by atoms with E-state index in [1.165, 1.54) is 18.0 Å². The molecule has 2 aromatic rings. The number of carbonyl (C=O) groups excluding carboxylic acids is 2. The Morgan fingerprint density at radius 3 is 2.68 bits per heavy atom. The van der Waals surface area contributed by atoms with Crippen LogP contribution in [-0.4, -0.2) is 24.2 Å². The van der Waals surface area contributed by atoms with Crippen molar-refractivity contribution in [1.29, 1.82) is 5.26 Å². The van der Waals surface area contributed by atoms with Crippen molar-refractivity contribution in [2.45, 2.75) is 26.7 Å². The van der Waals surface area contributed by atoms with Gasteiger partial charge in [0, 0.05) is 11.4 Å². The Hall–Kier alpha value is -3.44. The van der Waals surface area contributed by atoms with Gasteiger partial charge < -0.3 is 19.8 Å². The number of nitriles is 1. The van der Waals surface area contributed by atoms with Crippen molar-refractivity contribution in [3.05, 3.63) is 75.9 Å². The number of thioether (sulfide) groups is 1. The fourth-order valence-corrected chi connectivity index (χ4v) is 4.19. The number of hydrogen-bond donors (Lipinski definition) is 2. The molecule has 1 unspecified atom stereocenters. The first-order valence-electron chi connectivity index (χ1n) is 9.77. The molecule has 160 valence electrons. The van der Waals surface area contributed by atoms with Crippen LogP contribution in [0, 0.1) is 18.3 Å². The zero-order chi connectivity index (χ0) is 22.4. The van der Waals surface area contributed by atoms with Crippen LogP contribution in [0.1, 0.15) is 31.1 Å². The lowest BCUT2D eigenvalue weighted by Crippen LogP contribution is -2.31. The smallest absolute Gasteiger partial charge is 0.316 e. The van der Waals surface area contributed by atoms with Gasteiger partial charge in [-0.15, -0.1) is 0 Å². The quantitative estimate of drug-likeness (QED) is 0.625. The molecule has 0 bridgehead atoms. The number of dihydropyridines is 1. The van der Waals surface area contributed by atoms with Crippen LogP contribution in [0.25, 0.3) is 0 Å². The van der Waals surface area contributed by atoms with Crippen molar-refractivity contribution < 1.29 is 18.7 Å². The number of ether oxygens (including phenoxy) is 1. The second-order valence-electron chi connectivity index (χ2n) is 6.83. The third kappa shape index (κ3) is 5.01. The van der Waals surface area contributed by atoms with Crippen molar-refractivity contribution in [3.63, 3.8) is 0 Å². The number of para-hydroxylation sites is 1. The van der Waals surface area contributed by atoms with Crippen LogP contribution in [0.2, 0.25) is 0 Å². The molecule has 31 heavy (non-hydrogen) atoms. The van der Waals surface area contributed by atoms with Gasteiger partial charge in [-0.05, 0) is 44.5 Å². The summed E-state index contributed by atoms with van der Waals surface area (Å²) in [5.41, 5.74) is 2.89. The molecular formula is C23H23N3O4S. The first-order valence-corrected chi connectivity index (χ1v) is 10.8. The van der Waals surface area contributed by atoms with Crippen LogP contribution in [0.4, 0.5) is 5.69 Å². The Kier molecular flexibility index (Phi) is 7.21. The summed E-state index contributed by atoms with van der Waals surface area (Å²) in [5, 5.41) is 16.5. The minimum Gasteiger partial charge on any atom is -0.468 e. The lowest BCUT2D eigenvalue weighted by Gasteiger charge is -2.28. The van der Waals surface area contributed by atoms with E-state index in [0.29, 0.717) is 33.3 Å². The molecule has 2 N–H and O–H groups in total. The standard InChI is InChI=1S/C23H23N3O4S/c1-4-29-19(27)13-31-23-16(12-24)21(18-10-7-11-30-18)20(15(3)25-23)22(28)26-17-9-6-5-8-14(17)2/h5-11,21,25H,4,13H2,1-3H3,(H,26,28). The molecule has 0 saturated heterocycles. The van der Waals surface area contributed by atoms with Crippen LogP contribution >= 0.6 is 11.8 Å². The molecule has 0 radical (unpaired) electrons. The van der Waals surface area contributed by atoms with Crippen LogP contribution in [-0.2, 0) is 14.3 Å². The highest BCUT2D eigenvalue weighted by atomic mass is 32.2. The molecule has 1 aromatic carbocycles. The van der Waals surface area contributed by atoms with Crippen LogP contribution in [0.15, 0.2) is 69.0 Å². The van der Waals surface area contributed by atoms with E-state index < -0.39 is 5.92 Å². The molecule has 3 rings (SSSR count). The third-order valence-electron chi connectivity index (χ3n) is 4.75. The fraction of sp³-hybridized carbons (Fsp3) is 0.261. The highest BCUT2D eigenvalue weighted by Gasteiger charge is 2.36. The highest BCUT2D eigenvalue weighted by Crippen LogP contribution is 2.41. The van der Waals surface area contributed by atoms with Gasteiger partial charge in [-0.2, -0.15) is 5.26 Å². The lowest BCUT2D eigenvalue weighted by atomic mass is 9.85. The molecular weight excluding hydrogens is 414 g/mol. The molecule has 2 heterocycles. The molecule has 1 aliphatic heterocycles. The Balaban J connectivity index is 1.97. The minimum atomic E-state index is -0.699. The second-order valence-corrected chi connectivity index (χ2v) is 7.82. The Labute approximate surface area is 185 Å². The van der Waals surface area contributed by atoms with Crippen LogP contribution in [0.3, 0.4) is 0 Å².